The van der Waals surface area contributed by atoms with Gasteiger partial charge in [-0.2, -0.15) is 0 Å². The topological polar surface area (TPSA) is 52.8 Å². The molecule has 0 radical (unpaired) electrons. The summed E-state index contributed by atoms with van der Waals surface area (Å²) in [5.74, 6) is 0.715. The first-order valence-electron chi connectivity index (χ1n) is 8.67. The Labute approximate surface area is 166 Å². The van der Waals surface area contributed by atoms with Crippen LogP contribution in [0.2, 0.25) is 5.02 Å². The van der Waals surface area contributed by atoms with Crippen molar-refractivity contribution in [2.45, 2.75) is 13.2 Å². The Balaban J connectivity index is 1.63. The van der Waals surface area contributed by atoms with Gasteiger partial charge in [0.2, 0.25) is 0 Å². The predicted octanol–water partition coefficient (Wildman–Crippen LogP) is 4.76. The summed E-state index contributed by atoms with van der Waals surface area (Å²) in [5.41, 5.74) is 2.10. The summed E-state index contributed by atoms with van der Waals surface area (Å²) in [6.07, 6.45) is 0. The first-order chi connectivity index (χ1) is 13.7. The molecule has 0 aliphatic heterocycles. The van der Waals surface area contributed by atoms with Crippen molar-refractivity contribution in [2.75, 3.05) is 0 Å². The molecule has 0 unspecified atom stereocenters. The van der Waals surface area contributed by atoms with Gasteiger partial charge in [0.05, 0.1) is 12.1 Å². The molecule has 140 valence electrons. The molecule has 5 nitrogen and oxygen atoms in total. The van der Waals surface area contributed by atoms with Crippen molar-refractivity contribution < 1.29 is 9.13 Å². The molecule has 3 aromatic carbocycles. The Morgan fingerprint density at radius 3 is 2.54 bits per heavy atom. The minimum absolute atomic E-state index is 0.112. The van der Waals surface area contributed by atoms with E-state index >= 15 is 0 Å². The van der Waals surface area contributed by atoms with E-state index in [9.17, 15) is 4.39 Å². The number of halogens is 2. The van der Waals surface area contributed by atoms with Crippen LogP contribution in [0.25, 0.3) is 11.4 Å². The van der Waals surface area contributed by atoms with E-state index in [0.717, 1.165) is 11.1 Å². The summed E-state index contributed by atoms with van der Waals surface area (Å²) < 4.78 is 21.7. The molecular weight excluding hydrogens is 379 g/mol. The van der Waals surface area contributed by atoms with Crippen LogP contribution in [0.4, 0.5) is 4.39 Å². The third-order valence-corrected chi connectivity index (χ3v) is 4.62. The van der Waals surface area contributed by atoms with Gasteiger partial charge in [-0.05, 0) is 40.3 Å². The summed E-state index contributed by atoms with van der Waals surface area (Å²) in [5, 5.41) is 12.2. The standard InChI is InChI=1S/C21H16ClFN4O/c22-18-10-6-11-19(23)17(18)13-27-21(24-25-26-27)16-9-4-5-12-20(16)28-14-15-7-2-1-3-8-15/h1-12H,13-14H2. The van der Waals surface area contributed by atoms with E-state index in [4.69, 9.17) is 16.3 Å². The molecule has 0 atom stereocenters. The molecule has 0 amide bonds. The van der Waals surface area contributed by atoms with Crippen molar-refractivity contribution in [3.63, 3.8) is 0 Å². The summed E-state index contributed by atoms with van der Waals surface area (Å²) in [4.78, 5) is 0. The lowest BCUT2D eigenvalue weighted by Gasteiger charge is -2.12. The Hall–Kier alpha value is -3.25. The van der Waals surface area contributed by atoms with Gasteiger partial charge in [-0.25, -0.2) is 9.07 Å². The molecule has 0 spiro atoms. The Morgan fingerprint density at radius 2 is 1.71 bits per heavy atom. The fourth-order valence-corrected chi connectivity index (χ4v) is 3.07. The monoisotopic (exact) mass is 394 g/mol. The number of nitrogens with zero attached hydrogens (tertiary/aromatic N) is 4. The zero-order valence-electron chi connectivity index (χ0n) is 14.8. The van der Waals surface area contributed by atoms with Gasteiger partial charge in [0.15, 0.2) is 5.82 Å². The fourth-order valence-electron chi connectivity index (χ4n) is 2.85. The summed E-state index contributed by atoms with van der Waals surface area (Å²) in [7, 11) is 0. The van der Waals surface area contributed by atoms with E-state index in [1.54, 1.807) is 12.1 Å². The van der Waals surface area contributed by atoms with Crippen LogP contribution in [-0.2, 0) is 13.2 Å². The normalized spacial score (nSPS) is 10.8. The zero-order valence-corrected chi connectivity index (χ0v) is 15.6. The van der Waals surface area contributed by atoms with Crippen LogP contribution in [0.15, 0.2) is 72.8 Å². The minimum Gasteiger partial charge on any atom is -0.488 e. The van der Waals surface area contributed by atoms with E-state index in [-0.39, 0.29) is 6.54 Å². The maximum atomic E-state index is 14.2. The number of ether oxygens (including phenoxy) is 1. The van der Waals surface area contributed by atoms with Gasteiger partial charge < -0.3 is 4.74 Å². The molecule has 0 aliphatic carbocycles. The minimum atomic E-state index is -0.400. The fraction of sp³-hybridized carbons (Fsp3) is 0.0952. The number of para-hydroxylation sites is 1. The third kappa shape index (κ3) is 3.87. The van der Waals surface area contributed by atoms with E-state index in [1.807, 2.05) is 54.6 Å². The van der Waals surface area contributed by atoms with Crippen LogP contribution in [0.3, 0.4) is 0 Å². The lowest BCUT2D eigenvalue weighted by Crippen LogP contribution is -2.07. The summed E-state index contributed by atoms with van der Waals surface area (Å²) in [6.45, 7) is 0.527. The van der Waals surface area contributed by atoms with Gasteiger partial charge in [-0.15, -0.1) is 5.10 Å². The van der Waals surface area contributed by atoms with E-state index in [0.29, 0.717) is 28.8 Å². The van der Waals surface area contributed by atoms with Crippen LogP contribution >= 0.6 is 11.6 Å². The number of aromatic nitrogens is 4. The molecular formula is C21H16ClFN4O. The van der Waals surface area contributed by atoms with Crippen molar-refractivity contribution in [1.29, 1.82) is 0 Å². The van der Waals surface area contributed by atoms with Gasteiger partial charge in [-0.1, -0.05) is 60.1 Å². The highest BCUT2D eigenvalue weighted by molar-refractivity contribution is 6.31. The van der Waals surface area contributed by atoms with Gasteiger partial charge >= 0.3 is 0 Å². The van der Waals surface area contributed by atoms with Gasteiger partial charge in [-0.3, -0.25) is 0 Å². The molecule has 0 aliphatic rings. The maximum Gasteiger partial charge on any atom is 0.186 e. The molecule has 4 rings (SSSR count). The van der Waals surface area contributed by atoms with E-state index in [2.05, 4.69) is 15.5 Å². The molecule has 4 aromatic rings. The lowest BCUT2D eigenvalue weighted by atomic mass is 10.1. The van der Waals surface area contributed by atoms with Crippen molar-refractivity contribution >= 4 is 11.6 Å². The smallest absolute Gasteiger partial charge is 0.186 e. The van der Waals surface area contributed by atoms with Crippen LogP contribution in [0.5, 0.6) is 5.75 Å². The Bertz CT molecular complexity index is 1060. The number of hydrogen-bond donors (Lipinski definition) is 0. The second kappa shape index (κ2) is 8.19. The van der Waals surface area contributed by atoms with Gasteiger partial charge in [0, 0.05) is 10.6 Å². The number of tetrazole rings is 1. The van der Waals surface area contributed by atoms with Crippen molar-refractivity contribution in [3.8, 4) is 17.1 Å². The Morgan fingerprint density at radius 1 is 0.929 bits per heavy atom. The highest BCUT2D eigenvalue weighted by Crippen LogP contribution is 2.29. The predicted molar refractivity (Wildman–Crippen MR) is 105 cm³/mol. The Kier molecular flexibility index (Phi) is 5.30. The first kappa shape index (κ1) is 18.1. The average Bonchev–Trinajstić information content (AvgIpc) is 3.18. The second-order valence-electron chi connectivity index (χ2n) is 6.13. The molecule has 0 bridgehead atoms. The molecule has 0 saturated heterocycles. The molecule has 0 fully saturated rings. The maximum absolute atomic E-state index is 14.2. The van der Waals surface area contributed by atoms with Gasteiger partial charge in [0.25, 0.3) is 0 Å². The van der Waals surface area contributed by atoms with Crippen molar-refractivity contribution in [2.24, 2.45) is 0 Å². The molecule has 7 heteroatoms. The van der Waals surface area contributed by atoms with Crippen LogP contribution in [-0.4, -0.2) is 20.2 Å². The molecule has 1 aromatic heterocycles. The second-order valence-corrected chi connectivity index (χ2v) is 6.54. The first-order valence-corrected chi connectivity index (χ1v) is 9.05. The van der Waals surface area contributed by atoms with E-state index in [1.165, 1.54) is 10.7 Å². The highest BCUT2D eigenvalue weighted by Gasteiger charge is 2.17. The molecule has 28 heavy (non-hydrogen) atoms. The summed E-state index contributed by atoms with van der Waals surface area (Å²) in [6, 6.07) is 21.9. The number of benzene rings is 3. The third-order valence-electron chi connectivity index (χ3n) is 4.27. The number of hydrogen-bond acceptors (Lipinski definition) is 4. The zero-order chi connectivity index (χ0) is 19.3. The SMILES string of the molecule is Fc1cccc(Cl)c1Cn1nnnc1-c1ccccc1OCc1ccccc1. The lowest BCUT2D eigenvalue weighted by molar-refractivity contribution is 0.307. The molecule has 1 heterocycles. The number of rotatable bonds is 6. The van der Waals surface area contributed by atoms with Crippen molar-refractivity contribution in [1.82, 2.24) is 20.2 Å². The average molecular weight is 395 g/mol. The summed E-state index contributed by atoms with van der Waals surface area (Å²) >= 11 is 6.15. The molecule has 0 saturated carbocycles. The van der Waals surface area contributed by atoms with Crippen molar-refractivity contribution in [3.05, 3.63) is 94.8 Å². The highest BCUT2D eigenvalue weighted by atomic mass is 35.5. The quantitative estimate of drug-likeness (QED) is 0.473. The molecule has 0 N–H and O–H groups in total. The van der Waals surface area contributed by atoms with Crippen LogP contribution < -0.4 is 4.74 Å². The van der Waals surface area contributed by atoms with E-state index < -0.39 is 5.82 Å². The van der Waals surface area contributed by atoms with Gasteiger partial charge in [0.1, 0.15) is 18.2 Å². The van der Waals surface area contributed by atoms with Crippen LogP contribution in [0.1, 0.15) is 11.1 Å². The largest absolute Gasteiger partial charge is 0.488 e. The van der Waals surface area contributed by atoms with Crippen LogP contribution in [0, 0.1) is 5.82 Å².